The molecule has 2 N–H and O–H groups in total. The van der Waals surface area contributed by atoms with Crippen LogP contribution in [0, 0.1) is 0 Å². The maximum Gasteiger partial charge on any atom is 0.408 e. The molecule has 1 amide bonds. The number of rotatable bonds is 7. The number of carbonyl (C=O) groups excluding carboxylic acids is 1. The van der Waals surface area contributed by atoms with Crippen LogP contribution < -0.4 is 14.8 Å². The number of amides is 1. The Balaban J connectivity index is 1.75. The molecule has 0 radical (unpaired) electrons. The second kappa shape index (κ2) is 9.55. The SMILES string of the molecule is COc1ccccc1Oc1ccc2cc(CC(NC(=O)OC(C)(C)C)C(=O)O)ccc2n1. The van der Waals surface area contributed by atoms with Gasteiger partial charge in [-0.3, -0.25) is 0 Å². The smallest absolute Gasteiger partial charge is 0.408 e. The van der Waals surface area contributed by atoms with Gasteiger partial charge in [0.1, 0.15) is 11.6 Å². The van der Waals surface area contributed by atoms with Crippen LogP contribution >= 0.6 is 0 Å². The minimum absolute atomic E-state index is 0.101. The number of nitrogens with one attached hydrogen (secondary N) is 1. The summed E-state index contributed by atoms with van der Waals surface area (Å²) in [5, 5.41) is 12.7. The van der Waals surface area contributed by atoms with Gasteiger partial charge in [-0.1, -0.05) is 18.2 Å². The van der Waals surface area contributed by atoms with Gasteiger partial charge in [0.25, 0.3) is 0 Å². The fourth-order valence-electron chi connectivity index (χ4n) is 3.04. The molecule has 168 valence electrons. The molecule has 0 aliphatic heterocycles. The van der Waals surface area contributed by atoms with Gasteiger partial charge in [-0.2, -0.15) is 0 Å². The van der Waals surface area contributed by atoms with E-state index in [1.165, 1.54) is 0 Å². The Morgan fingerprint density at radius 3 is 2.44 bits per heavy atom. The third kappa shape index (κ3) is 6.10. The number of carboxylic acid groups (broad SMARTS) is 1. The van der Waals surface area contributed by atoms with E-state index in [1.807, 2.05) is 24.3 Å². The molecule has 0 aliphatic rings. The van der Waals surface area contributed by atoms with Crippen LogP contribution in [0.1, 0.15) is 26.3 Å². The number of aromatic nitrogens is 1. The number of para-hydroxylation sites is 2. The molecule has 0 spiro atoms. The van der Waals surface area contributed by atoms with Crippen LogP contribution in [0.5, 0.6) is 17.4 Å². The Hall–Kier alpha value is -3.81. The summed E-state index contributed by atoms with van der Waals surface area (Å²) < 4.78 is 16.3. The first-order valence-corrected chi connectivity index (χ1v) is 10.1. The first kappa shape index (κ1) is 22.9. The summed E-state index contributed by atoms with van der Waals surface area (Å²) in [5.41, 5.74) is 0.708. The Morgan fingerprint density at radius 1 is 1.06 bits per heavy atom. The summed E-state index contributed by atoms with van der Waals surface area (Å²) in [6.07, 6.45) is -0.672. The molecule has 0 fully saturated rings. The van der Waals surface area contributed by atoms with Gasteiger partial charge in [0.15, 0.2) is 11.5 Å². The normalized spacial score (nSPS) is 12.1. The molecule has 1 atom stereocenters. The van der Waals surface area contributed by atoms with E-state index in [-0.39, 0.29) is 6.42 Å². The van der Waals surface area contributed by atoms with Crippen molar-refractivity contribution in [3.8, 4) is 17.4 Å². The van der Waals surface area contributed by atoms with Gasteiger partial charge < -0.3 is 24.6 Å². The summed E-state index contributed by atoms with van der Waals surface area (Å²) in [5.74, 6) is 0.414. The maximum absolute atomic E-state index is 12.0. The van der Waals surface area contributed by atoms with Gasteiger partial charge >= 0.3 is 12.1 Å². The first-order valence-electron chi connectivity index (χ1n) is 10.1. The van der Waals surface area contributed by atoms with Crippen LogP contribution in [0.25, 0.3) is 10.9 Å². The van der Waals surface area contributed by atoms with E-state index in [4.69, 9.17) is 14.2 Å². The fourth-order valence-corrected chi connectivity index (χ4v) is 3.04. The molecular weight excluding hydrogens is 412 g/mol. The highest BCUT2D eigenvalue weighted by molar-refractivity contribution is 5.82. The van der Waals surface area contributed by atoms with Crippen molar-refractivity contribution in [1.82, 2.24) is 10.3 Å². The van der Waals surface area contributed by atoms with Crippen molar-refractivity contribution in [2.75, 3.05) is 7.11 Å². The molecule has 0 bridgehead atoms. The number of methoxy groups -OCH3 is 1. The number of hydrogen-bond acceptors (Lipinski definition) is 6. The van der Waals surface area contributed by atoms with Crippen molar-refractivity contribution in [2.24, 2.45) is 0 Å². The van der Waals surface area contributed by atoms with Crippen LogP contribution in [-0.2, 0) is 16.0 Å². The number of carboxylic acids is 1. The zero-order valence-electron chi connectivity index (χ0n) is 18.4. The van der Waals surface area contributed by atoms with Crippen LogP contribution in [0.4, 0.5) is 4.79 Å². The van der Waals surface area contributed by atoms with E-state index in [0.29, 0.717) is 22.9 Å². The van der Waals surface area contributed by atoms with E-state index < -0.39 is 23.7 Å². The van der Waals surface area contributed by atoms with Crippen molar-refractivity contribution >= 4 is 23.0 Å². The molecule has 1 aromatic heterocycles. The third-order valence-electron chi connectivity index (χ3n) is 4.44. The van der Waals surface area contributed by atoms with Gasteiger partial charge in [0.05, 0.1) is 12.6 Å². The molecule has 0 saturated carbocycles. The number of ether oxygens (including phenoxy) is 3. The Kier molecular flexibility index (Phi) is 6.82. The molecule has 3 aromatic rings. The fraction of sp³-hybridized carbons (Fsp3) is 0.292. The molecule has 0 saturated heterocycles. The van der Waals surface area contributed by atoms with Crippen molar-refractivity contribution in [3.63, 3.8) is 0 Å². The van der Waals surface area contributed by atoms with E-state index in [2.05, 4.69) is 10.3 Å². The first-order chi connectivity index (χ1) is 15.1. The predicted octanol–water partition coefficient (Wildman–Crippen LogP) is 4.56. The molecule has 8 heteroatoms. The number of benzene rings is 2. The van der Waals surface area contributed by atoms with E-state index in [1.54, 1.807) is 58.2 Å². The number of pyridine rings is 1. The monoisotopic (exact) mass is 438 g/mol. The Labute approximate surface area is 186 Å². The standard InChI is InChI=1S/C24H26N2O6/c1-24(2,3)32-23(29)26-18(22(27)28)14-15-9-11-17-16(13-15)10-12-21(25-17)31-20-8-6-5-7-19(20)30-4/h5-13,18H,14H2,1-4H3,(H,26,29)(H,27,28). The second-order valence-corrected chi connectivity index (χ2v) is 8.17. The number of carbonyl (C=O) groups is 2. The molecule has 1 heterocycles. The number of alkyl carbamates (subject to hydrolysis) is 1. The van der Waals surface area contributed by atoms with Gasteiger partial charge in [-0.05, 0) is 56.7 Å². The summed E-state index contributed by atoms with van der Waals surface area (Å²) in [6.45, 7) is 5.14. The maximum atomic E-state index is 12.0. The average Bonchev–Trinajstić information content (AvgIpc) is 2.72. The van der Waals surface area contributed by atoms with Crippen LogP contribution in [0.2, 0.25) is 0 Å². The van der Waals surface area contributed by atoms with Crippen molar-refractivity contribution in [2.45, 2.75) is 38.8 Å². The summed E-state index contributed by atoms with van der Waals surface area (Å²) in [4.78, 5) is 28.1. The lowest BCUT2D eigenvalue weighted by Gasteiger charge is -2.22. The highest BCUT2D eigenvalue weighted by Crippen LogP contribution is 2.31. The summed E-state index contributed by atoms with van der Waals surface area (Å²) in [6, 6.07) is 15.1. The predicted molar refractivity (Wildman–Crippen MR) is 119 cm³/mol. The number of fused-ring (bicyclic) bond motifs is 1. The lowest BCUT2D eigenvalue weighted by molar-refractivity contribution is -0.139. The quantitative estimate of drug-likeness (QED) is 0.557. The highest BCUT2D eigenvalue weighted by atomic mass is 16.6. The van der Waals surface area contributed by atoms with Gasteiger partial charge in [0, 0.05) is 17.9 Å². The molecule has 1 unspecified atom stereocenters. The summed E-state index contributed by atoms with van der Waals surface area (Å²) >= 11 is 0. The van der Waals surface area contributed by atoms with Crippen LogP contribution in [-0.4, -0.2) is 40.9 Å². The van der Waals surface area contributed by atoms with Gasteiger partial charge in [0.2, 0.25) is 5.88 Å². The minimum Gasteiger partial charge on any atom is -0.493 e. The van der Waals surface area contributed by atoms with Crippen molar-refractivity contribution in [3.05, 3.63) is 60.2 Å². The average molecular weight is 438 g/mol. The summed E-state index contributed by atoms with van der Waals surface area (Å²) in [7, 11) is 1.57. The lowest BCUT2D eigenvalue weighted by atomic mass is 10.0. The Bertz CT molecular complexity index is 1120. The van der Waals surface area contributed by atoms with Crippen molar-refractivity contribution in [1.29, 1.82) is 0 Å². The molecule has 3 rings (SSSR count). The zero-order chi connectivity index (χ0) is 23.3. The van der Waals surface area contributed by atoms with Crippen LogP contribution in [0.15, 0.2) is 54.6 Å². The van der Waals surface area contributed by atoms with E-state index in [0.717, 1.165) is 10.9 Å². The number of nitrogens with zero attached hydrogens (tertiary/aromatic N) is 1. The molecule has 32 heavy (non-hydrogen) atoms. The van der Waals surface area contributed by atoms with Gasteiger partial charge in [-0.25, -0.2) is 14.6 Å². The van der Waals surface area contributed by atoms with Crippen LogP contribution in [0.3, 0.4) is 0 Å². The third-order valence-corrected chi connectivity index (χ3v) is 4.44. The largest absolute Gasteiger partial charge is 0.493 e. The zero-order valence-corrected chi connectivity index (χ0v) is 18.4. The minimum atomic E-state index is -1.14. The van der Waals surface area contributed by atoms with Gasteiger partial charge in [-0.15, -0.1) is 0 Å². The van der Waals surface area contributed by atoms with Crippen molar-refractivity contribution < 1.29 is 28.9 Å². The van der Waals surface area contributed by atoms with E-state index >= 15 is 0 Å². The highest BCUT2D eigenvalue weighted by Gasteiger charge is 2.24. The Morgan fingerprint density at radius 2 is 1.78 bits per heavy atom. The topological polar surface area (TPSA) is 107 Å². The number of aliphatic carboxylic acids is 1. The second-order valence-electron chi connectivity index (χ2n) is 8.17. The molecule has 0 aliphatic carbocycles. The lowest BCUT2D eigenvalue weighted by Crippen LogP contribution is -2.44. The molecule has 8 nitrogen and oxygen atoms in total. The van der Waals surface area contributed by atoms with E-state index in [9.17, 15) is 14.7 Å². The molecule has 2 aromatic carbocycles. The molecular formula is C24H26N2O6. The number of hydrogen-bond donors (Lipinski definition) is 2.